The number of aromatic nitrogens is 2. The summed E-state index contributed by atoms with van der Waals surface area (Å²) in [5.41, 5.74) is 0.978. The molecule has 0 bridgehead atoms. The monoisotopic (exact) mass is 460 g/mol. The Morgan fingerprint density at radius 2 is 2.16 bits per heavy atom. The first-order valence-electron chi connectivity index (χ1n) is 9.72. The van der Waals surface area contributed by atoms with Crippen molar-refractivity contribution in [3.8, 4) is 5.75 Å². The van der Waals surface area contributed by atoms with Crippen molar-refractivity contribution < 1.29 is 14.5 Å². The van der Waals surface area contributed by atoms with Crippen LogP contribution in [0.15, 0.2) is 28.2 Å². The van der Waals surface area contributed by atoms with E-state index in [9.17, 15) is 19.7 Å². The van der Waals surface area contributed by atoms with E-state index in [-0.39, 0.29) is 16.9 Å². The van der Waals surface area contributed by atoms with Crippen LogP contribution in [0, 0.1) is 10.1 Å². The Bertz CT molecular complexity index is 1240. The maximum atomic E-state index is 12.7. The second kappa shape index (κ2) is 8.67. The van der Waals surface area contributed by atoms with Gasteiger partial charge in [-0.15, -0.1) is 11.3 Å². The van der Waals surface area contributed by atoms with E-state index in [1.807, 2.05) is 0 Å². The number of methoxy groups -OCH3 is 1. The first-order valence-corrected chi connectivity index (χ1v) is 11.4. The number of ether oxygens (including phenoxy) is 1. The van der Waals surface area contributed by atoms with Crippen LogP contribution in [0.1, 0.15) is 30.2 Å². The van der Waals surface area contributed by atoms with Gasteiger partial charge in [-0.1, -0.05) is 11.8 Å². The molecule has 11 heteroatoms. The van der Waals surface area contributed by atoms with Gasteiger partial charge in [0.05, 0.1) is 28.4 Å². The van der Waals surface area contributed by atoms with Gasteiger partial charge in [-0.3, -0.25) is 19.7 Å². The molecule has 1 atom stereocenters. The number of H-pyrrole nitrogens is 1. The van der Waals surface area contributed by atoms with Crippen molar-refractivity contribution in [2.45, 2.75) is 43.0 Å². The van der Waals surface area contributed by atoms with Gasteiger partial charge in [0.1, 0.15) is 10.6 Å². The number of non-ortho nitro benzene ring substituents is 1. The molecule has 0 saturated heterocycles. The summed E-state index contributed by atoms with van der Waals surface area (Å²) in [5.74, 6) is -0.0784. The number of hydrogen-bond acceptors (Lipinski definition) is 8. The molecule has 2 heterocycles. The number of hydrogen-bond donors (Lipinski definition) is 2. The Labute approximate surface area is 185 Å². The van der Waals surface area contributed by atoms with Crippen molar-refractivity contribution in [1.29, 1.82) is 0 Å². The average Bonchev–Trinajstić information content (AvgIpc) is 3.12. The molecule has 1 aliphatic rings. The maximum absolute atomic E-state index is 12.7. The number of rotatable bonds is 6. The number of nitrogens with zero attached hydrogens (tertiary/aromatic N) is 2. The number of thiophene rings is 1. The van der Waals surface area contributed by atoms with Gasteiger partial charge in [0, 0.05) is 17.0 Å². The number of benzene rings is 1. The van der Waals surface area contributed by atoms with E-state index in [0.29, 0.717) is 21.1 Å². The minimum Gasteiger partial charge on any atom is -0.495 e. The molecular weight excluding hydrogens is 440 g/mol. The van der Waals surface area contributed by atoms with Crippen LogP contribution in [0.2, 0.25) is 0 Å². The molecule has 0 spiro atoms. The molecule has 0 saturated carbocycles. The highest BCUT2D eigenvalue weighted by molar-refractivity contribution is 8.00. The second-order valence-corrected chi connectivity index (χ2v) is 9.57. The van der Waals surface area contributed by atoms with Gasteiger partial charge in [0.25, 0.3) is 11.2 Å². The number of anilines is 1. The number of carbonyl (C=O) groups is 1. The predicted octanol–water partition coefficient (Wildman–Crippen LogP) is 3.90. The summed E-state index contributed by atoms with van der Waals surface area (Å²) in [4.78, 5) is 45.2. The Kier molecular flexibility index (Phi) is 5.96. The standard InChI is InChI=1S/C20H20N4O5S2/c1-10(17(25)21-13-9-11(24(27)28)7-8-14(13)29-2)30-20-22-18(26)16-12-5-3-4-6-15(12)31-19(16)23-20/h7-10H,3-6H2,1-2H3,(H,21,25)(H,22,23,26). The van der Waals surface area contributed by atoms with Gasteiger partial charge >= 0.3 is 0 Å². The molecule has 1 aromatic carbocycles. The number of nitrogens with one attached hydrogen (secondary N) is 2. The van der Waals surface area contributed by atoms with Crippen molar-refractivity contribution >= 4 is 50.6 Å². The van der Waals surface area contributed by atoms with Gasteiger partial charge in [0.15, 0.2) is 5.16 Å². The fourth-order valence-electron chi connectivity index (χ4n) is 3.56. The number of amides is 1. The minimum absolute atomic E-state index is 0.158. The highest BCUT2D eigenvalue weighted by atomic mass is 32.2. The molecule has 3 aromatic rings. The summed E-state index contributed by atoms with van der Waals surface area (Å²) in [5, 5.41) is 14.1. The maximum Gasteiger partial charge on any atom is 0.271 e. The molecular formula is C20H20N4O5S2. The molecule has 0 radical (unpaired) electrons. The summed E-state index contributed by atoms with van der Waals surface area (Å²) >= 11 is 2.67. The number of thioether (sulfide) groups is 1. The average molecular weight is 461 g/mol. The van der Waals surface area contributed by atoms with Crippen molar-refractivity contribution in [3.05, 3.63) is 49.1 Å². The van der Waals surface area contributed by atoms with Crippen LogP contribution in [-0.4, -0.2) is 33.2 Å². The lowest BCUT2D eigenvalue weighted by Gasteiger charge is -2.13. The molecule has 2 aromatic heterocycles. The van der Waals surface area contributed by atoms with Gasteiger partial charge < -0.3 is 15.0 Å². The lowest BCUT2D eigenvalue weighted by molar-refractivity contribution is -0.384. The van der Waals surface area contributed by atoms with E-state index in [2.05, 4.69) is 15.3 Å². The van der Waals surface area contributed by atoms with E-state index in [4.69, 9.17) is 4.74 Å². The molecule has 1 unspecified atom stereocenters. The van der Waals surface area contributed by atoms with E-state index in [1.165, 1.54) is 30.2 Å². The summed E-state index contributed by atoms with van der Waals surface area (Å²) in [7, 11) is 1.42. The molecule has 1 amide bonds. The minimum atomic E-state index is -0.612. The Balaban J connectivity index is 1.54. The number of aromatic amines is 1. The molecule has 9 nitrogen and oxygen atoms in total. The zero-order chi connectivity index (χ0) is 22.1. The highest BCUT2D eigenvalue weighted by Gasteiger charge is 2.23. The Hall–Kier alpha value is -2.92. The number of carbonyl (C=O) groups excluding carboxylic acids is 1. The SMILES string of the molecule is COc1ccc([N+](=O)[O-])cc1NC(=O)C(C)Sc1nc2sc3c(c2c(=O)[nH]1)CCCC3. The van der Waals surface area contributed by atoms with Crippen LogP contribution in [0.25, 0.3) is 10.2 Å². The quantitative estimate of drug-likeness (QED) is 0.247. The number of aryl methyl sites for hydroxylation is 2. The van der Waals surface area contributed by atoms with Crippen molar-refractivity contribution in [3.63, 3.8) is 0 Å². The van der Waals surface area contributed by atoms with E-state index in [1.54, 1.807) is 18.3 Å². The van der Waals surface area contributed by atoms with E-state index in [0.717, 1.165) is 43.0 Å². The molecule has 1 aliphatic carbocycles. The molecule has 4 rings (SSSR count). The van der Waals surface area contributed by atoms with Crippen LogP contribution in [0.3, 0.4) is 0 Å². The Morgan fingerprint density at radius 3 is 2.90 bits per heavy atom. The molecule has 0 fully saturated rings. The van der Waals surface area contributed by atoms with Gasteiger partial charge in [-0.2, -0.15) is 0 Å². The smallest absolute Gasteiger partial charge is 0.271 e. The lowest BCUT2D eigenvalue weighted by atomic mass is 9.97. The van der Waals surface area contributed by atoms with Crippen LogP contribution >= 0.6 is 23.1 Å². The van der Waals surface area contributed by atoms with Gasteiger partial charge in [0.2, 0.25) is 5.91 Å². The molecule has 162 valence electrons. The summed E-state index contributed by atoms with van der Waals surface area (Å²) < 4.78 is 5.18. The molecule has 31 heavy (non-hydrogen) atoms. The summed E-state index contributed by atoms with van der Waals surface area (Å²) in [6, 6.07) is 3.98. The fraction of sp³-hybridized carbons (Fsp3) is 0.350. The Morgan fingerprint density at radius 1 is 1.39 bits per heavy atom. The highest BCUT2D eigenvalue weighted by Crippen LogP contribution is 2.35. The summed E-state index contributed by atoms with van der Waals surface area (Å²) in [6.45, 7) is 1.67. The zero-order valence-electron chi connectivity index (χ0n) is 16.9. The zero-order valence-corrected chi connectivity index (χ0v) is 18.5. The van der Waals surface area contributed by atoms with Crippen LogP contribution in [0.4, 0.5) is 11.4 Å². The third-order valence-corrected chi connectivity index (χ3v) is 7.28. The fourth-order valence-corrected chi connectivity index (χ4v) is 5.68. The van der Waals surface area contributed by atoms with Crippen molar-refractivity contribution in [2.75, 3.05) is 12.4 Å². The van der Waals surface area contributed by atoms with Gasteiger partial charge in [-0.05, 0) is 44.2 Å². The predicted molar refractivity (Wildman–Crippen MR) is 120 cm³/mol. The largest absolute Gasteiger partial charge is 0.495 e. The molecule has 0 aliphatic heterocycles. The van der Waals surface area contributed by atoms with Crippen LogP contribution in [0.5, 0.6) is 5.75 Å². The first kappa shape index (κ1) is 21.3. The summed E-state index contributed by atoms with van der Waals surface area (Å²) in [6.07, 6.45) is 4.07. The van der Waals surface area contributed by atoms with Crippen molar-refractivity contribution in [1.82, 2.24) is 9.97 Å². The second-order valence-electron chi connectivity index (χ2n) is 7.15. The van der Waals surface area contributed by atoms with E-state index >= 15 is 0 Å². The number of nitro benzene ring substituents is 1. The van der Waals surface area contributed by atoms with Crippen LogP contribution < -0.4 is 15.6 Å². The first-order chi connectivity index (χ1) is 14.9. The number of nitro groups is 1. The number of fused-ring (bicyclic) bond motifs is 3. The van der Waals surface area contributed by atoms with E-state index < -0.39 is 16.1 Å². The van der Waals surface area contributed by atoms with Crippen LogP contribution in [-0.2, 0) is 17.6 Å². The topological polar surface area (TPSA) is 127 Å². The van der Waals surface area contributed by atoms with Crippen molar-refractivity contribution in [2.24, 2.45) is 0 Å². The normalized spacial score (nSPS) is 14.1. The third kappa shape index (κ3) is 4.28. The lowest BCUT2D eigenvalue weighted by Crippen LogP contribution is -2.23. The molecule has 2 N–H and O–H groups in total. The third-order valence-electron chi connectivity index (χ3n) is 5.11. The van der Waals surface area contributed by atoms with Gasteiger partial charge in [-0.25, -0.2) is 4.98 Å².